The van der Waals surface area contributed by atoms with E-state index in [2.05, 4.69) is 11.8 Å². The third kappa shape index (κ3) is 3.77. The fraction of sp³-hybridized carbons (Fsp3) is 0.600. The smallest absolute Gasteiger partial charge is 0.162 e. The predicted octanol–water partition coefficient (Wildman–Crippen LogP) is 2.39. The van der Waals surface area contributed by atoms with Crippen LogP contribution in [-0.2, 0) is 0 Å². The lowest BCUT2D eigenvalue weighted by Crippen LogP contribution is -2.26. The van der Waals surface area contributed by atoms with Crippen LogP contribution in [0, 0.1) is 5.92 Å². The molecule has 4 heteroatoms. The summed E-state index contributed by atoms with van der Waals surface area (Å²) in [4.78, 5) is 2.47. The van der Waals surface area contributed by atoms with Crippen LogP contribution in [0.1, 0.15) is 19.8 Å². The van der Waals surface area contributed by atoms with Gasteiger partial charge in [0.15, 0.2) is 11.5 Å². The van der Waals surface area contributed by atoms with E-state index in [1.54, 1.807) is 13.2 Å². The highest BCUT2D eigenvalue weighted by atomic mass is 16.5. The van der Waals surface area contributed by atoms with E-state index in [9.17, 15) is 0 Å². The lowest BCUT2D eigenvalue weighted by molar-refractivity contribution is 0.226. The van der Waals surface area contributed by atoms with Gasteiger partial charge in [0.1, 0.15) is 6.61 Å². The van der Waals surface area contributed by atoms with Gasteiger partial charge >= 0.3 is 0 Å². The Bertz CT molecular complexity index is 409. The standard InChI is InChI=1S/C15H24N2O2/c1-3-12-6-7-17(11-12)8-9-19-14-5-4-13(16)10-15(14)18-2/h4-5,10,12H,3,6-9,11,16H2,1-2H3. The second-order valence-electron chi connectivity index (χ2n) is 5.12. The quantitative estimate of drug-likeness (QED) is 0.801. The van der Waals surface area contributed by atoms with Crippen molar-refractivity contribution in [2.24, 2.45) is 5.92 Å². The zero-order chi connectivity index (χ0) is 13.7. The minimum absolute atomic E-state index is 0.689. The molecule has 4 nitrogen and oxygen atoms in total. The van der Waals surface area contributed by atoms with Crippen molar-refractivity contribution < 1.29 is 9.47 Å². The molecule has 2 rings (SSSR count). The van der Waals surface area contributed by atoms with Gasteiger partial charge in [-0.15, -0.1) is 0 Å². The zero-order valence-electron chi connectivity index (χ0n) is 11.9. The van der Waals surface area contributed by atoms with Gasteiger partial charge in [-0.1, -0.05) is 13.3 Å². The lowest BCUT2D eigenvalue weighted by atomic mass is 10.1. The third-order valence-electron chi connectivity index (χ3n) is 3.80. The molecule has 0 radical (unpaired) electrons. The maximum Gasteiger partial charge on any atom is 0.162 e. The highest BCUT2D eigenvalue weighted by molar-refractivity contribution is 5.51. The lowest BCUT2D eigenvalue weighted by Gasteiger charge is -2.17. The molecular formula is C15H24N2O2. The van der Waals surface area contributed by atoms with Crippen LogP contribution in [0.15, 0.2) is 18.2 Å². The molecule has 1 aliphatic rings. The average molecular weight is 264 g/mol. The van der Waals surface area contributed by atoms with E-state index in [-0.39, 0.29) is 0 Å². The molecule has 0 amide bonds. The van der Waals surface area contributed by atoms with Gasteiger partial charge < -0.3 is 15.2 Å². The number of nitrogen functional groups attached to an aromatic ring is 1. The molecule has 1 heterocycles. The summed E-state index contributed by atoms with van der Waals surface area (Å²) in [6.45, 7) is 6.34. The number of hydrogen-bond donors (Lipinski definition) is 1. The molecule has 0 bridgehead atoms. The van der Waals surface area contributed by atoms with Crippen molar-refractivity contribution in [1.82, 2.24) is 4.90 Å². The first-order chi connectivity index (χ1) is 9.22. The molecule has 1 atom stereocenters. The number of benzene rings is 1. The van der Waals surface area contributed by atoms with Crippen molar-refractivity contribution in [3.8, 4) is 11.5 Å². The minimum Gasteiger partial charge on any atom is -0.493 e. The summed E-state index contributed by atoms with van der Waals surface area (Å²) in [6, 6.07) is 5.49. The molecule has 1 aromatic carbocycles. The Hall–Kier alpha value is -1.42. The molecule has 2 N–H and O–H groups in total. The van der Waals surface area contributed by atoms with Crippen LogP contribution in [0.2, 0.25) is 0 Å². The Kier molecular flexibility index (Phi) is 4.91. The minimum atomic E-state index is 0.689. The Balaban J connectivity index is 1.80. The maximum absolute atomic E-state index is 5.79. The molecule has 0 saturated carbocycles. The number of likely N-dealkylation sites (tertiary alicyclic amines) is 1. The molecule has 0 aliphatic carbocycles. The first-order valence-corrected chi connectivity index (χ1v) is 7.01. The van der Waals surface area contributed by atoms with E-state index in [1.807, 2.05) is 12.1 Å². The second-order valence-corrected chi connectivity index (χ2v) is 5.12. The summed E-state index contributed by atoms with van der Waals surface area (Å²) in [5, 5.41) is 0. The Morgan fingerprint density at radius 3 is 2.89 bits per heavy atom. The van der Waals surface area contributed by atoms with E-state index in [0.717, 1.165) is 18.2 Å². The van der Waals surface area contributed by atoms with E-state index in [0.29, 0.717) is 18.0 Å². The van der Waals surface area contributed by atoms with Gasteiger partial charge in [-0.25, -0.2) is 0 Å². The molecule has 0 spiro atoms. The third-order valence-corrected chi connectivity index (χ3v) is 3.80. The van der Waals surface area contributed by atoms with Gasteiger partial charge in [-0.3, -0.25) is 4.90 Å². The average Bonchev–Trinajstić information content (AvgIpc) is 2.88. The van der Waals surface area contributed by atoms with Crippen molar-refractivity contribution in [3.63, 3.8) is 0 Å². The SMILES string of the molecule is CCC1CCN(CCOc2ccc(N)cc2OC)C1. The summed E-state index contributed by atoms with van der Waals surface area (Å²) >= 11 is 0. The van der Waals surface area contributed by atoms with Crippen LogP contribution in [0.3, 0.4) is 0 Å². The van der Waals surface area contributed by atoms with E-state index in [4.69, 9.17) is 15.2 Å². The number of nitrogens with two attached hydrogens (primary N) is 1. The Morgan fingerprint density at radius 1 is 1.37 bits per heavy atom. The van der Waals surface area contributed by atoms with Crippen LogP contribution in [0.4, 0.5) is 5.69 Å². The molecule has 1 aliphatic heterocycles. The first-order valence-electron chi connectivity index (χ1n) is 7.01. The Labute approximate surface area is 115 Å². The Morgan fingerprint density at radius 2 is 2.21 bits per heavy atom. The fourth-order valence-corrected chi connectivity index (χ4v) is 2.54. The summed E-state index contributed by atoms with van der Waals surface area (Å²) in [5.74, 6) is 2.34. The molecule has 1 fully saturated rings. The first kappa shape index (κ1) is 14.0. The van der Waals surface area contributed by atoms with Crippen molar-refractivity contribution in [2.75, 3.05) is 39.1 Å². The van der Waals surface area contributed by atoms with Crippen LogP contribution >= 0.6 is 0 Å². The van der Waals surface area contributed by atoms with Crippen molar-refractivity contribution in [1.29, 1.82) is 0 Å². The van der Waals surface area contributed by atoms with Gasteiger partial charge in [0, 0.05) is 24.8 Å². The van der Waals surface area contributed by atoms with Gasteiger partial charge in [0.2, 0.25) is 0 Å². The number of anilines is 1. The number of methoxy groups -OCH3 is 1. The molecule has 1 saturated heterocycles. The number of rotatable bonds is 6. The van der Waals surface area contributed by atoms with Gasteiger partial charge in [-0.2, -0.15) is 0 Å². The maximum atomic E-state index is 5.79. The molecule has 1 unspecified atom stereocenters. The summed E-state index contributed by atoms with van der Waals surface area (Å²) in [7, 11) is 1.63. The van der Waals surface area contributed by atoms with E-state index < -0.39 is 0 Å². The largest absolute Gasteiger partial charge is 0.493 e. The van der Waals surface area contributed by atoms with Crippen LogP contribution in [-0.4, -0.2) is 38.3 Å². The molecule has 1 aromatic rings. The van der Waals surface area contributed by atoms with Crippen LogP contribution in [0.25, 0.3) is 0 Å². The molecule has 19 heavy (non-hydrogen) atoms. The van der Waals surface area contributed by atoms with Crippen molar-refractivity contribution in [2.45, 2.75) is 19.8 Å². The summed E-state index contributed by atoms with van der Waals surface area (Å²) in [6.07, 6.45) is 2.60. The highest BCUT2D eigenvalue weighted by Gasteiger charge is 2.20. The van der Waals surface area contributed by atoms with E-state index >= 15 is 0 Å². The number of nitrogens with zero attached hydrogens (tertiary/aromatic N) is 1. The molecule has 106 valence electrons. The van der Waals surface area contributed by atoms with Crippen molar-refractivity contribution in [3.05, 3.63) is 18.2 Å². The second kappa shape index (κ2) is 6.66. The van der Waals surface area contributed by atoms with Gasteiger partial charge in [0.25, 0.3) is 0 Å². The topological polar surface area (TPSA) is 47.7 Å². The fourth-order valence-electron chi connectivity index (χ4n) is 2.54. The predicted molar refractivity (Wildman–Crippen MR) is 77.7 cm³/mol. The normalized spacial score (nSPS) is 19.6. The highest BCUT2D eigenvalue weighted by Crippen LogP contribution is 2.29. The van der Waals surface area contributed by atoms with Crippen LogP contribution in [0.5, 0.6) is 11.5 Å². The summed E-state index contributed by atoms with van der Waals surface area (Å²) < 4.78 is 11.1. The van der Waals surface area contributed by atoms with E-state index in [1.165, 1.54) is 25.9 Å². The number of ether oxygens (including phenoxy) is 2. The molecule has 0 aromatic heterocycles. The van der Waals surface area contributed by atoms with Gasteiger partial charge in [-0.05, 0) is 31.0 Å². The number of hydrogen-bond acceptors (Lipinski definition) is 4. The molecular weight excluding hydrogens is 240 g/mol. The summed E-state index contributed by atoms with van der Waals surface area (Å²) in [5.41, 5.74) is 6.41. The zero-order valence-corrected chi connectivity index (χ0v) is 11.9. The monoisotopic (exact) mass is 264 g/mol. The van der Waals surface area contributed by atoms with Crippen molar-refractivity contribution >= 4 is 5.69 Å². The van der Waals surface area contributed by atoms with Gasteiger partial charge in [0.05, 0.1) is 7.11 Å². The van der Waals surface area contributed by atoms with Crippen LogP contribution < -0.4 is 15.2 Å².